The Morgan fingerprint density at radius 1 is 1.43 bits per heavy atom. The van der Waals surface area contributed by atoms with E-state index in [2.05, 4.69) is 27.4 Å². The van der Waals surface area contributed by atoms with Crippen molar-refractivity contribution in [1.82, 2.24) is 0 Å². The average molecular weight is 198 g/mol. The largest absolute Gasteiger partial charge is 0.493 e. The summed E-state index contributed by atoms with van der Waals surface area (Å²) in [5.74, 6) is 1.13. The Morgan fingerprint density at radius 3 is 2.36 bits per heavy atom. The first-order valence-electron chi connectivity index (χ1n) is 5.17. The van der Waals surface area contributed by atoms with Gasteiger partial charge in [-0.25, -0.2) is 0 Å². The highest BCUT2D eigenvalue weighted by Gasteiger charge is 2.11. The first-order valence-corrected chi connectivity index (χ1v) is 5.17. The standard InChI is InChI=1S/C12H22O2/c1-6-7-14-12(10(4)8-13)11(5)9(2)3/h9,13H,5-8H2,1-4H3/b12-10-. The molecule has 0 aromatic heterocycles. The number of hydrogen-bond acceptors (Lipinski definition) is 2. The van der Waals surface area contributed by atoms with Crippen LogP contribution in [0.1, 0.15) is 34.1 Å². The first-order chi connectivity index (χ1) is 6.54. The molecule has 1 N–H and O–H groups in total. The predicted octanol–water partition coefficient (Wildman–Crippen LogP) is 2.89. The molecule has 0 atom stereocenters. The Balaban J connectivity index is 4.64. The van der Waals surface area contributed by atoms with Crippen molar-refractivity contribution in [3.8, 4) is 0 Å². The van der Waals surface area contributed by atoms with Crippen LogP contribution in [-0.2, 0) is 4.74 Å². The van der Waals surface area contributed by atoms with Crippen molar-refractivity contribution < 1.29 is 9.84 Å². The summed E-state index contributed by atoms with van der Waals surface area (Å²) in [4.78, 5) is 0. The van der Waals surface area contributed by atoms with Gasteiger partial charge in [-0.05, 0) is 30.4 Å². The molecule has 0 saturated carbocycles. The number of allylic oxidation sites excluding steroid dienone is 1. The van der Waals surface area contributed by atoms with Crippen molar-refractivity contribution in [3.63, 3.8) is 0 Å². The van der Waals surface area contributed by atoms with Crippen LogP contribution in [0.15, 0.2) is 23.5 Å². The second-order valence-electron chi connectivity index (χ2n) is 3.80. The third kappa shape index (κ3) is 3.97. The van der Waals surface area contributed by atoms with Crippen molar-refractivity contribution in [2.75, 3.05) is 13.2 Å². The molecule has 0 aromatic carbocycles. The fourth-order valence-electron chi connectivity index (χ4n) is 1.03. The summed E-state index contributed by atoms with van der Waals surface area (Å²) in [5, 5.41) is 9.06. The quantitative estimate of drug-likeness (QED) is 0.525. The van der Waals surface area contributed by atoms with E-state index in [0.717, 1.165) is 23.3 Å². The Labute approximate surface area is 87.3 Å². The minimum atomic E-state index is 0.0325. The van der Waals surface area contributed by atoms with Gasteiger partial charge in [0.25, 0.3) is 0 Å². The lowest BCUT2D eigenvalue weighted by atomic mass is 10.0. The molecule has 14 heavy (non-hydrogen) atoms. The van der Waals surface area contributed by atoms with Crippen LogP contribution in [0, 0.1) is 5.92 Å². The molecule has 82 valence electrons. The van der Waals surface area contributed by atoms with Gasteiger partial charge in [-0.3, -0.25) is 0 Å². The van der Waals surface area contributed by atoms with Crippen molar-refractivity contribution in [2.45, 2.75) is 34.1 Å². The molecule has 0 radical (unpaired) electrons. The molecule has 0 heterocycles. The van der Waals surface area contributed by atoms with E-state index in [0.29, 0.717) is 12.5 Å². The monoisotopic (exact) mass is 198 g/mol. The molecular formula is C12H22O2. The van der Waals surface area contributed by atoms with Gasteiger partial charge in [-0.15, -0.1) is 0 Å². The summed E-state index contributed by atoms with van der Waals surface area (Å²) in [6.07, 6.45) is 0.966. The van der Waals surface area contributed by atoms with Gasteiger partial charge >= 0.3 is 0 Å². The topological polar surface area (TPSA) is 29.5 Å². The smallest absolute Gasteiger partial charge is 0.123 e. The first kappa shape index (κ1) is 13.2. The van der Waals surface area contributed by atoms with Gasteiger partial charge in [-0.1, -0.05) is 27.4 Å². The molecule has 2 heteroatoms. The van der Waals surface area contributed by atoms with Gasteiger partial charge < -0.3 is 9.84 Å². The zero-order valence-electron chi connectivity index (χ0n) is 9.76. The van der Waals surface area contributed by atoms with Crippen LogP contribution in [-0.4, -0.2) is 18.3 Å². The van der Waals surface area contributed by atoms with E-state index in [9.17, 15) is 0 Å². The van der Waals surface area contributed by atoms with Crippen molar-refractivity contribution >= 4 is 0 Å². The fraction of sp³-hybridized carbons (Fsp3) is 0.667. The number of hydrogen-bond donors (Lipinski definition) is 1. The average Bonchev–Trinajstić information content (AvgIpc) is 2.17. The lowest BCUT2D eigenvalue weighted by molar-refractivity contribution is 0.206. The van der Waals surface area contributed by atoms with E-state index in [-0.39, 0.29) is 6.61 Å². The SMILES string of the molecule is C=C(/C(OCCC)=C(\C)CO)C(C)C. The molecule has 0 aliphatic heterocycles. The van der Waals surface area contributed by atoms with Crippen LogP contribution in [0.4, 0.5) is 0 Å². The van der Waals surface area contributed by atoms with E-state index < -0.39 is 0 Å². The maximum Gasteiger partial charge on any atom is 0.123 e. The Morgan fingerprint density at radius 2 is 2.00 bits per heavy atom. The highest BCUT2D eigenvalue weighted by Crippen LogP contribution is 2.21. The van der Waals surface area contributed by atoms with E-state index >= 15 is 0 Å². The third-order valence-corrected chi connectivity index (χ3v) is 2.06. The summed E-state index contributed by atoms with van der Waals surface area (Å²) in [6, 6.07) is 0. The summed E-state index contributed by atoms with van der Waals surface area (Å²) in [7, 11) is 0. The van der Waals surface area contributed by atoms with Crippen LogP contribution in [0.2, 0.25) is 0 Å². The molecule has 0 rings (SSSR count). The van der Waals surface area contributed by atoms with E-state index in [1.807, 2.05) is 6.92 Å². The molecule has 0 unspecified atom stereocenters. The molecule has 2 nitrogen and oxygen atoms in total. The van der Waals surface area contributed by atoms with Crippen LogP contribution >= 0.6 is 0 Å². The van der Waals surface area contributed by atoms with Gasteiger partial charge in [0.15, 0.2) is 0 Å². The summed E-state index contributed by atoms with van der Waals surface area (Å²) < 4.78 is 5.59. The van der Waals surface area contributed by atoms with Crippen molar-refractivity contribution in [2.24, 2.45) is 5.92 Å². The highest BCUT2D eigenvalue weighted by molar-refractivity contribution is 5.29. The highest BCUT2D eigenvalue weighted by atomic mass is 16.5. The molecule has 0 bridgehead atoms. The lowest BCUT2D eigenvalue weighted by Crippen LogP contribution is -2.06. The predicted molar refractivity (Wildman–Crippen MR) is 60.0 cm³/mol. The van der Waals surface area contributed by atoms with Crippen LogP contribution in [0.3, 0.4) is 0 Å². The third-order valence-electron chi connectivity index (χ3n) is 2.06. The lowest BCUT2D eigenvalue weighted by Gasteiger charge is -2.17. The maximum atomic E-state index is 9.06. The second kappa shape index (κ2) is 6.66. The van der Waals surface area contributed by atoms with Gasteiger partial charge in [0.1, 0.15) is 5.76 Å². The van der Waals surface area contributed by atoms with Crippen molar-refractivity contribution in [3.05, 3.63) is 23.5 Å². The number of aliphatic hydroxyl groups excluding tert-OH is 1. The van der Waals surface area contributed by atoms with Gasteiger partial charge in [0, 0.05) is 0 Å². The van der Waals surface area contributed by atoms with Gasteiger partial charge in [0.2, 0.25) is 0 Å². The van der Waals surface area contributed by atoms with E-state index in [4.69, 9.17) is 9.84 Å². The van der Waals surface area contributed by atoms with E-state index in [1.165, 1.54) is 0 Å². The molecule has 0 fully saturated rings. The maximum absolute atomic E-state index is 9.06. The zero-order valence-corrected chi connectivity index (χ0v) is 9.76. The minimum Gasteiger partial charge on any atom is -0.493 e. The number of rotatable bonds is 6. The Kier molecular flexibility index (Phi) is 6.30. The molecule has 0 saturated heterocycles. The Hall–Kier alpha value is -0.760. The van der Waals surface area contributed by atoms with Crippen LogP contribution in [0.5, 0.6) is 0 Å². The molecular weight excluding hydrogens is 176 g/mol. The number of ether oxygens (including phenoxy) is 1. The molecule has 0 aliphatic carbocycles. The molecule has 0 spiro atoms. The Bertz CT molecular complexity index is 214. The van der Waals surface area contributed by atoms with Crippen molar-refractivity contribution in [1.29, 1.82) is 0 Å². The summed E-state index contributed by atoms with van der Waals surface area (Å²) >= 11 is 0. The minimum absolute atomic E-state index is 0.0325. The normalized spacial score (nSPS) is 12.7. The van der Waals surface area contributed by atoms with Gasteiger partial charge in [0.05, 0.1) is 13.2 Å². The second-order valence-corrected chi connectivity index (χ2v) is 3.80. The van der Waals surface area contributed by atoms with Gasteiger partial charge in [-0.2, -0.15) is 0 Å². The summed E-state index contributed by atoms with van der Waals surface area (Å²) in [6.45, 7) is 12.8. The zero-order chi connectivity index (χ0) is 11.1. The fourth-order valence-corrected chi connectivity index (χ4v) is 1.03. The van der Waals surface area contributed by atoms with Crippen LogP contribution < -0.4 is 0 Å². The molecule has 0 aliphatic rings. The molecule has 0 aromatic rings. The molecule has 0 amide bonds. The van der Waals surface area contributed by atoms with E-state index in [1.54, 1.807) is 0 Å². The number of aliphatic hydroxyl groups is 1. The summed E-state index contributed by atoms with van der Waals surface area (Å²) in [5.41, 5.74) is 1.82. The van der Waals surface area contributed by atoms with Crippen LogP contribution in [0.25, 0.3) is 0 Å².